The normalized spacial score (nSPS) is 11.8. The SMILES string of the molecule is COc1ccc2c(c1)-c1c(sc(N)c1C#N)C2. The van der Waals surface area contributed by atoms with E-state index in [9.17, 15) is 0 Å². The van der Waals surface area contributed by atoms with Crippen LogP contribution in [0.1, 0.15) is 16.0 Å². The summed E-state index contributed by atoms with van der Waals surface area (Å²) in [6.45, 7) is 0. The molecule has 3 rings (SSSR count). The summed E-state index contributed by atoms with van der Waals surface area (Å²) < 4.78 is 5.22. The summed E-state index contributed by atoms with van der Waals surface area (Å²) in [5.74, 6) is 0.810. The molecule has 1 heterocycles. The Balaban J connectivity index is 2.28. The van der Waals surface area contributed by atoms with E-state index in [1.807, 2.05) is 12.1 Å². The quantitative estimate of drug-likeness (QED) is 0.713. The number of nitriles is 1. The Morgan fingerprint density at radius 1 is 1.47 bits per heavy atom. The predicted octanol–water partition coefficient (Wildman–Crippen LogP) is 2.78. The van der Waals surface area contributed by atoms with E-state index in [4.69, 9.17) is 15.7 Å². The van der Waals surface area contributed by atoms with Gasteiger partial charge in [-0.25, -0.2) is 0 Å². The topological polar surface area (TPSA) is 59.0 Å². The highest BCUT2D eigenvalue weighted by Gasteiger charge is 2.26. The van der Waals surface area contributed by atoms with E-state index in [1.54, 1.807) is 7.11 Å². The largest absolute Gasteiger partial charge is 0.497 e. The zero-order chi connectivity index (χ0) is 12.0. The van der Waals surface area contributed by atoms with E-state index in [1.165, 1.54) is 21.8 Å². The van der Waals surface area contributed by atoms with E-state index < -0.39 is 0 Å². The van der Waals surface area contributed by atoms with Crippen molar-refractivity contribution >= 4 is 16.3 Å². The molecule has 17 heavy (non-hydrogen) atoms. The molecule has 4 heteroatoms. The number of benzene rings is 1. The molecule has 0 atom stereocenters. The first kappa shape index (κ1) is 10.2. The first-order chi connectivity index (χ1) is 8.24. The Bertz CT molecular complexity index is 652. The van der Waals surface area contributed by atoms with Crippen LogP contribution >= 0.6 is 11.3 Å². The van der Waals surface area contributed by atoms with Crippen molar-refractivity contribution < 1.29 is 4.74 Å². The lowest BCUT2D eigenvalue weighted by molar-refractivity contribution is 0.415. The molecule has 0 aliphatic heterocycles. The molecule has 2 N–H and O–H groups in total. The number of nitrogens with two attached hydrogens (primary N) is 1. The van der Waals surface area contributed by atoms with Crippen molar-refractivity contribution in [3.63, 3.8) is 0 Å². The van der Waals surface area contributed by atoms with Crippen molar-refractivity contribution in [1.29, 1.82) is 5.26 Å². The lowest BCUT2D eigenvalue weighted by atomic mass is 10.0. The Kier molecular flexibility index (Phi) is 2.10. The third-order valence-electron chi connectivity index (χ3n) is 3.06. The van der Waals surface area contributed by atoms with Crippen molar-refractivity contribution in [3.05, 3.63) is 34.2 Å². The van der Waals surface area contributed by atoms with Crippen molar-refractivity contribution in [2.24, 2.45) is 0 Å². The van der Waals surface area contributed by atoms with Gasteiger partial charge in [0.15, 0.2) is 0 Å². The summed E-state index contributed by atoms with van der Waals surface area (Å²) in [6.07, 6.45) is 0.866. The van der Waals surface area contributed by atoms with Gasteiger partial charge in [-0.2, -0.15) is 5.26 Å². The van der Waals surface area contributed by atoms with Gasteiger partial charge in [0, 0.05) is 16.9 Å². The monoisotopic (exact) mass is 242 g/mol. The molecule has 0 radical (unpaired) electrons. The third kappa shape index (κ3) is 1.33. The van der Waals surface area contributed by atoms with Crippen LogP contribution < -0.4 is 10.5 Å². The number of fused-ring (bicyclic) bond motifs is 3. The van der Waals surface area contributed by atoms with Gasteiger partial charge in [-0.3, -0.25) is 0 Å². The van der Waals surface area contributed by atoms with Gasteiger partial charge in [0.2, 0.25) is 0 Å². The molecule has 84 valence electrons. The highest BCUT2D eigenvalue weighted by atomic mass is 32.1. The number of rotatable bonds is 1. The number of nitrogen functional groups attached to an aromatic ring is 1. The molecule has 0 amide bonds. The number of hydrogen-bond acceptors (Lipinski definition) is 4. The van der Waals surface area contributed by atoms with Gasteiger partial charge in [0.25, 0.3) is 0 Å². The highest BCUT2D eigenvalue weighted by Crippen LogP contribution is 2.46. The zero-order valence-corrected chi connectivity index (χ0v) is 10.1. The summed E-state index contributed by atoms with van der Waals surface area (Å²) in [6, 6.07) is 8.18. The Morgan fingerprint density at radius 3 is 3.00 bits per heavy atom. The first-order valence-electron chi connectivity index (χ1n) is 5.23. The fraction of sp³-hybridized carbons (Fsp3) is 0.154. The maximum absolute atomic E-state index is 9.17. The van der Waals surface area contributed by atoms with Crippen LogP contribution in [-0.4, -0.2) is 7.11 Å². The second-order valence-corrected chi connectivity index (χ2v) is 5.09. The number of ether oxygens (including phenoxy) is 1. The summed E-state index contributed by atoms with van der Waals surface area (Å²) in [4.78, 5) is 1.18. The maximum atomic E-state index is 9.17. The van der Waals surface area contributed by atoms with Crippen LogP contribution in [0.2, 0.25) is 0 Å². The van der Waals surface area contributed by atoms with Crippen molar-refractivity contribution in [2.75, 3.05) is 12.8 Å². The van der Waals surface area contributed by atoms with Gasteiger partial charge in [-0.05, 0) is 23.3 Å². The van der Waals surface area contributed by atoms with Crippen molar-refractivity contribution in [1.82, 2.24) is 0 Å². The van der Waals surface area contributed by atoms with Crippen LogP contribution in [0.25, 0.3) is 11.1 Å². The van der Waals surface area contributed by atoms with Gasteiger partial charge in [0.05, 0.1) is 12.7 Å². The molecule has 3 nitrogen and oxygen atoms in total. The number of anilines is 1. The molecular weight excluding hydrogens is 232 g/mol. The average Bonchev–Trinajstić information content (AvgIpc) is 2.82. The molecule has 0 saturated carbocycles. The van der Waals surface area contributed by atoms with Crippen LogP contribution in [0.4, 0.5) is 5.00 Å². The smallest absolute Gasteiger partial charge is 0.119 e. The third-order valence-corrected chi connectivity index (χ3v) is 4.08. The van der Waals surface area contributed by atoms with E-state index in [0.29, 0.717) is 10.6 Å². The van der Waals surface area contributed by atoms with Crippen LogP contribution in [-0.2, 0) is 6.42 Å². The summed E-state index contributed by atoms with van der Waals surface area (Å²) >= 11 is 1.51. The number of nitrogens with zero attached hydrogens (tertiary/aromatic N) is 1. The molecule has 0 fully saturated rings. The van der Waals surface area contributed by atoms with Gasteiger partial charge in [-0.1, -0.05) is 6.07 Å². The average molecular weight is 242 g/mol. The number of thiophene rings is 1. The molecule has 0 unspecified atom stereocenters. The molecule has 0 bridgehead atoms. The molecule has 2 aromatic rings. The number of methoxy groups -OCH3 is 1. The Labute approximate surface area is 103 Å². The van der Waals surface area contributed by atoms with Crippen LogP contribution in [0, 0.1) is 11.3 Å². The number of hydrogen-bond donors (Lipinski definition) is 1. The van der Waals surface area contributed by atoms with E-state index in [-0.39, 0.29) is 0 Å². The summed E-state index contributed by atoms with van der Waals surface area (Å²) in [5, 5.41) is 9.79. The van der Waals surface area contributed by atoms with Crippen LogP contribution in [0.5, 0.6) is 5.75 Å². The van der Waals surface area contributed by atoms with E-state index in [0.717, 1.165) is 23.3 Å². The minimum Gasteiger partial charge on any atom is -0.497 e. The molecule has 0 spiro atoms. The molecule has 1 aromatic heterocycles. The molecule has 1 aromatic carbocycles. The van der Waals surface area contributed by atoms with E-state index in [2.05, 4.69) is 12.1 Å². The fourth-order valence-electron chi connectivity index (χ4n) is 2.26. The molecule has 1 aliphatic rings. The lowest BCUT2D eigenvalue weighted by Gasteiger charge is -2.04. The summed E-state index contributed by atoms with van der Waals surface area (Å²) in [7, 11) is 1.64. The zero-order valence-electron chi connectivity index (χ0n) is 9.28. The predicted molar refractivity (Wildman–Crippen MR) is 68.2 cm³/mol. The maximum Gasteiger partial charge on any atom is 0.119 e. The first-order valence-corrected chi connectivity index (χ1v) is 6.04. The van der Waals surface area contributed by atoms with Gasteiger partial charge in [0.1, 0.15) is 16.8 Å². The van der Waals surface area contributed by atoms with Crippen LogP contribution in [0.3, 0.4) is 0 Å². The molecule has 1 aliphatic carbocycles. The van der Waals surface area contributed by atoms with Gasteiger partial charge in [-0.15, -0.1) is 11.3 Å². The van der Waals surface area contributed by atoms with Crippen LogP contribution in [0.15, 0.2) is 18.2 Å². The summed E-state index contributed by atoms with van der Waals surface area (Å²) in [5.41, 5.74) is 9.79. The van der Waals surface area contributed by atoms with Crippen molar-refractivity contribution in [3.8, 4) is 22.9 Å². The minimum absolute atomic E-state index is 0.608. The minimum atomic E-state index is 0.608. The van der Waals surface area contributed by atoms with Gasteiger partial charge >= 0.3 is 0 Å². The fourth-order valence-corrected chi connectivity index (χ4v) is 3.32. The standard InChI is InChI=1S/C13H10N2OS/c1-16-8-3-2-7-4-11-12(9(7)5-8)10(6-14)13(15)17-11/h2-3,5H,4,15H2,1H3. The van der Waals surface area contributed by atoms with E-state index >= 15 is 0 Å². The van der Waals surface area contributed by atoms with Crippen molar-refractivity contribution in [2.45, 2.75) is 6.42 Å². The second-order valence-electron chi connectivity index (χ2n) is 3.95. The Hall–Kier alpha value is -1.99. The Morgan fingerprint density at radius 2 is 2.29 bits per heavy atom. The molecule has 0 saturated heterocycles. The van der Waals surface area contributed by atoms with Gasteiger partial charge < -0.3 is 10.5 Å². The lowest BCUT2D eigenvalue weighted by Crippen LogP contribution is -1.88. The molecular formula is C13H10N2OS. The second kappa shape index (κ2) is 3.51. The highest BCUT2D eigenvalue weighted by molar-refractivity contribution is 7.16.